The van der Waals surface area contributed by atoms with Gasteiger partial charge in [-0.05, 0) is 19.4 Å². The van der Waals surface area contributed by atoms with Gasteiger partial charge in [-0.25, -0.2) is 0 Å². The molecule has 2 rings (SSSR count). The summed E-state index contributed by atoms with van der Waals surface area (Å²) in [7, 11) is 0. The van der Waals surface area contributed by atoms with Crippen LogP contribution in [-0.4, -0.2) is 73.2 Å². The molecule has 1 atom stereocenters. The fraction of sp³-hybridized carbons (Fsp3) is 0.917. The topological polar surface area (TPSA) is 55.8 Å². The molecule has 5 nitrogen and oxygen atoms in total. The number of aliphatic hydroxyl groups is 1. The van der Waals surface area contributed by atoms with E-state index in [1.807, 2.05) is 4.90 Å². The molecule has 0 saturated carbocycles. The second kappa shape index (κ2) is 6.33. The Morgan fingerprint density at radius 3 is 2.65 bits per heavy atom. The molecule has 0 spiro atoms. The van der Waals surface area contributed by atoms with Crippen LogP contribution in [0.2, 0.25) is 0 Å². The molecular formula is C12H23N3O2. The van der Waals surface area contributed by atoms with Gasteiger partial charge >= 0.3 is 0 Å². The van der Waals surface area contributed by atoms with Crippen molar-refractivity contribution in [2.45, 2.75) is 12.8 Å². The molecule has 2 aliphatic heterocycles. The molecule has 5 heteroatoms. The van der Waals surface area contributed by atoms with E-state index in [0.717, 1.165) is 58.7 Å². The summed E-state index contributed by atoms with van der Waals surface area (Å²) in [6.45, 7) is 6.25. The lowest BCUT2D eigenvalue weighted by atomic mass is 9.98. The molecule has 2 heterocycles. The van der Waals surface area contributed by atoms with Crippen molar-refractivity contribution >= 4 is 5.91 Å². The number of piperidine rings is 1. The number of piperazine rings is 1. The number of nitrogens with one attached hydrogen (secondary N) is 1. The molecule has 2 fully saturated rings. The van der Waals surface area contributed by atoms with E-state index >= 15 is 0 Å². The Kier molecular flexibility index (Phi) is 4.76. The monoisotopic (exact) mass is 241 g/mol. The average Bonchev–Trinajstić information content (AvgIpc) is 2.40. The number of hydrogen-bond acceptors (Lipinski definition) is 4. The van der Waals surface area contributed by atoms with Crippen LogP contribution in [0.1, 0.15) is 12.8 Å². The van der Waals surface area contributed by atoms with Crippen LogP contribution in [-0.2, 0) is 4.79 Å². The van der Waals surface area contributed by atoms with Crippen molar-refractivity contribution in [3.63, 3.8) is 0 Å². The van der Waals surface area contributed by atoms with Crippen molar-refractivity contribution in [1.82, 2.24) is 15.1 Å². The zero-order chi connectivity index (χ0) is 12.1. The Morgan fingerprint density at radius 1 is 1.29 bits per heavy atom. The summed E-state index contributed by atoms with van der Waals surface area (Å²) in [5.74, 6) is 0.508. The van der Waals surface area contributed by atoms with Crippen LogP contribution in [0, 0.1) is 5.92 Å². The molecule has 0 aromatic heterocycles. The normalized spacial score (nSPS) is 27.1. The van der Waals surface area contributed by atoms with Gasteiger partial charge in [-0.3, -0.25) is 9.69 Å². The van der Waals surface area contributed by atoms with E-state index in [1.54, 1.807) is 0 Å². The largest absolute Gasteiger partial charge is 0.395 e. The van der Waals surface area contributed by atoms with Crippen molar-refractivity contribution in [1.29, 1.82) is 0 Å². The molecule has 1 unspecified atom stereocenters. The maximum Gasteiger partial charge on any atom is 0.227 e. The van der Waals surface area contributed by atoms with Gasteiger partial charge < -0.3 is 15.3 Å². The molecular weight excluding hydrogens is 218 g/mol. The predicted octanol–water partition coefficient (Wildman–Crippen LogP) is -0.877. The number of hydrogen-bond donors (Lipinski definition) is 2. The first kappa shape index (κ1) is 12.8. The predicted molar refractivity (Wildman–Crippen MR) is 65.7 cm³/mol. The van der Waals surface area contributed by atoms with Crippen LogP contribution in [0.15, 0.2) is 0 Å². The Hall–Kier alpha value is -0.650. The van der Waals surface area contributed by atoms with Crippen molar-refractivity contribution in [2.75, 3.05) is 52.4 Å². The minimum Gasteiger partial charge on any atom is -0.395 e. The third-order valence-corrected chi connectivity index (χ3v) is 3.75. The zero-order valence-electron chi connectivity index (χ0n) is 10.4. The van der Waals surface area contributed by atoms with Crippen LogP contribution in [0.4, 0.5) is 0 Å². The lowest BCUT2D eigenvalue weighted by molar-refractivity contribution is -0.137. The highest BCUT2D eigenvalue weighted by Gasteiger charge is 2.28. The summed E-state index contributed by atoms with van der Waals surface area (Å²) < 4.78 is 0. The average molecular weight is 241 g/mol. The van der Waals surface area contributed by atoms with Gasteiger partial charge in [0.2, 0.25) is 5.91 Å². The van der Waals surface area contributed by atoms with Gasteiger partial charge in [-0.15, -0.1) is 0 Å². The summed E-state index contributed by atoms with van der Waals surface area (Å²) in [4.78, 5) is 16.4. The number of rotatable bonds is 3. The van der Waals surface area contributed by atoms with E-state index in [4.69, 9.17) is 5.11 Å². The van der Waals surface area contributed by atoms with Gasteiger partial charge in [0, 0.05) is 39.3 Å². The maximum atomic E-state index is 12.2. The van der Waals surface area contributed by atoms with Crippen LogP contribution < -0.4 is 5.32 Å². The fourth-order valence-corrected chi connectivity index (χ4v) is 2.65. The summed E-state index contributed by atoms with van der Waals surface area (Å²) in [5.41, 5.74) is 0. The van der Waals surface area contributed by atoms with Crippen LogP contribution >= 0.6 is 0 Å². The summed E-state index contributed by atoms with van der Waals surface area (Å²) >= 11 is 0. The fourth-order valence-electron chi connectivity index (χ4n) is 2.65. The highest BCUT2D eigenvalue weighted by Crippen LogP contribution is 2.14. The lowest BCUT2D eigenvalue weighted by Crippen LogP contribution is -2.52. The molecule has 98 valence electrons. The molecule has 0 radical (unpaired) electrons. The first-order valence-corrected chi connectivity index (χ1v) is 6.64. The van der Waals surface area contributed by atoms with E-state index in [2.05, 4.69) is 10.2 Å². The van der Waals surface area contributed by atoms with Crippen molar-refractivity contribution in [2.24, 2.45) is 5.92 Å². The van der Waals surface area contributed by atoms with E-state index in [-0.39, 0.29) is 12.5 Å². The van der Waals surface area contributed by atoms with Gasteiger partial charge in [0.1, 0.15) is 0 Å². The number of amides is 1. The third-order valence-electron chi connectivity index (χ3n) is 3.75. The number of carbonyl (C=O) groups excluding carboxylic acids is 1. The van der Waals surface area contributed by atoms with Gasteiger partial charge in [0.15, 0.2) is 0 Å². The minimum absolute atomic E-state index is 0.188. The third kappa shape index (κ3) is 3.40. The van der Waals surface area contributed by atoms with Crippen molar-refractivity contribution < 1.29 is 9.90 Å². The van der Waals surface area contributed by atoms with E-state index in [1.165, 1.54) is 0 Å². The molecule has 0 aromatic rings. The molecule has 0 bridgehead atoms. The smallest absolute Gasteiger partial charge is 0.227 e. The number of aliphatic hydroxyl groups excluding tert-OH is 1. The Morgan fingerprint density at radius 2 is 2.06 bits per heavy atom. The van der Waals surface area contributed by atoms with Gasteiger partial charge in [-0.2, -0.15) is 0 Å². The number of β-amino-alcohol motifs (C(OH)–C–C–N with tert-alkyl or cyclic N) is 1. The van der Waals surface area contributed by atoms with Gasteiger partial charge in [0.05, 0.1) is 12.5 Å². The Labute approximate surface area is 103 Å². The summed E-state index contributed by atoms with van der Waals surface area (Å²) in [5, 5.41) is 12.2. The minimum atomic E-state index is 0.188. The van der Waals surface area contributed by atoms with Crippen LogP contribution in [0.25, 0.3) is 0 Å². The maximum absolute atomic E-state index is 12.2. The summed E-state index contributed by atoms with van der Waals surface area (Å²) in [6, 6.07) is 0. The highest BCUT2D eigenvalue weighted by molar-refractivity contribution is 5.79. The van der Waals surface area contributed by atoms with E-state index in [9.17, 15) is 4.79 Å². The number of nitrogens with zero attached hydrogens (tertiary/aromatic N) is 2. The first-order valence-electron chi connectivity index (χ1n) is 6.64. The van der Waals surface area contributed by atoms with Crippen LogP contribution in [0.3, 0.4) is 0 Å². The Bertz CT molecular complexity index is 246. The lowest BCUT2D eigenvalue weighted by Gasteiger charge is -2.37. The molecule has 0 aromatic carbocycles. The van der Waals surface area contributed by atoms with E-state index < -0.39 is 0 Å². The molecule has 0 aliphatic carbocycles. The van der Waals surface area contributed by atoms with Gasteiger partial charge in [0.25, 0.3) is 0 Å². The quantitative estimate of drug-likeness (QED) is 0.674. The number of carbonyl (C=O) groups is 1. The SMILES string of the molecule is O=C(C1CCCNC1)N1CCN(CCO)CC1. The van der Waals surface area contributed by atoms with Crippen LogP contribution in [0.5, 0.6) is 0 Å². The molecule has 2 aliphatic rings. The first-order chi connectivity index (χ1) is 8.31. The van der Waals surface area contributed by atoms with E-state index in [0.29, 0.717) is 5.91 Å². The molecule has 17 heavy (non-hydrogen) atoms. The highest BCUT2D eigenvalue weighted by atomic mass is 16.3. The summed E-state index contributed by atoms with van der Waals surface area (Å²) in [6.07, 6.45) is 2.14. The Balaban J connectivity index is 1.77. The molecule has 1 amide bonds. The zero-order valence-corrected chi connectivity index (χ0v) is 10.4. The molecule has 2 N–H and O–H groups in total. The second-order valence-electron chi connectivity index (χ2n) is 4.93. The second-order valence-corrected chi connectivity index (χ2v) is 4.93. The standard InChI is InChI=1S/C12H23N3O2/c16-9-8-14-4-6-15(7-5-14)12(17)11-2-1-3-13-10-11/h11,13,16H,1-10H2. The van der Waals surface area contributed by atoms with Gasteiger partial charge in [-0.1, -0.05) is 0 Å². The van der Waals surface area contributed by atoms with Crippen molar-refractivity contribution in [3.8, 4) is 0 Å². The molecule has 2 saturated heterocycles. The van der Waals surface area contributed by atoms with Crippen molar-refractivity contribution in [3.05, 3.63) is 0 Å².